The molecule has 2 radical (unpaired) electrons. The summed E-state index contributed by atoms with van der Waals surface area (Å²) in [6, 6.07) is 3.01. The average molecular weight is 203 g/mol. The zero-order chi connectivity index (χ0) is 10.6. The van der Waals surface area contributed by atoms with Crippen LogP contribution in [0.3, 0.4) is 0 Å². The van der Waals surface area contributed by atoms with Crippen LogP contribution in [0.4, 0.5) is 10.1 Å². The van der Waals surface area contributed by atoms with E-state index in [-0.39, 0.29) is 17.1 Å². The quantitative estimate of drug-likeness (QED) is 0.623. The first kappa shape index (κ1) is 8.77. The maximum absolute atomic E-state index is 13.5. The second-order valence-electron chi connectivity index (χ2n) is 3.89. The minimum absolute atomic E-state index is 0.00407. The highest BCUT2D eigenvalue weighted by molar-refractivity contribution is 6.33. The van der Waals surface area contributed by atoms with E-state index in [2.05, 4.69) is 5.32 Å². The summed E-state index contributed by atoms with van der Waals surface area (Å²) >= 11 is 0. The SMILES string of the molecule is [B]c1ccc2c(c1F)NC(=O)C1(CC1)O2. The van der Waals surface area contributed by atoms with Crippen LogP contribution in [0.15, 0.2) is 12.1 Å². The molecular formula is C10H7BFNO2. The standard InChI is InChI=1S/C10H7BFNO2/c11-5-1-2-6-8(7(5)12)13-9(14)10(15-6)3-4-10/h1-2H,3-4H2,(H,13,14). The number of carbonyl (C=O) groups is 1. The highest BCUT2D eigenvalue weighted by atomic mass is 19.1. The van der Waals surface area contributed by atoms with Crippen LogP contribution in [0.2, 0.25) is 0 Å². The van der Waals surface area contributed by atoms with E-state index >= 15 is 0 Å². The lowest BCUT2D eigenvalue weighted by Crippen LogP contribution is -2.40. The largest absolute Gasteiger partial charge is 0.475 e. The molecule has 1 fully saturated rings. The van der Waals surface area contributed by atoms with Gasteiger partial charge < -0.3 is 10.1 Å². The van der Waals surface area contributed by atoms with Crippen LogP contribution in [0.1, 0.15) is 12.8 Å². The smallest absolute Gasteiger partial charge is 0.268 e. The molecule has 0 saturated heterocycles. The molecule has 0 unspecified atom stereocenters. The minimum atomic E-state index is -0.741. The van der Waals surface area contributed by atoms with Crippen LogP contribution in [0.5, 0.6) is 5.75 Å². The van der Waals surface area contributed by atoms with Crippen molar-refractivity contribution in [3.8, 4) is 5.75 Å². The molecule has 3 nitrogen and oxygen atoms in total. The summed E-state index contributed by atoms with van der Waals surface area (Å²) in [5.74, 6) is -0.547. The second-order valence-corrected chi connectivity index (χ2v) is 3.89. The molecule has 0 bridgehead atoms. The van der Waals surface area contributed by atoms with Gasteiger partial charge in [-0.2, -0.15) is 0 Å². The number of ether oxygens (including phenoxy) is 1. The van der Waals surface area contributed by atoms with Crippen LogP contribution in [0.25, 0.3) is 0 Å². The van der Waals surface area contributed by atoms with Crippen molar-refractivity contribution in [2.75, 3.05) is 5.32 Å². The monoisotopic (exact) mass is 203 g/mol. The molecule has 1 heterocycles. The topological polar surface area (TPSA) is 38.3 Å². The first-order valence-corrected chi connectivity index (χ1v) is 4.71. The highest BCUT2D eigenvalue weighted by Gasteiger charge is 2.55. The Bertz CT molecular complexity index is 471. The predicted octanol–water partition coefficient (Wildman–Crippen LogP) is 0.483. The van der Waals surface area contributed by atoms with Gasteiger partial charge in [-0.1, -0.05) is 11.5 Å². The van der Waals surface area contributed by atoms with E-state index in [9.17, 15) is 9.18 Å². The summed E-state index contributed by atoms with van der Waals surface area (Å²) in [4.78, 5) is 11.6. The third-order valence-corrected chi connectivity index (χ3v) is 2.80. The Morgan fingerprint density at radius 3 is 2.87 bits per heavy atom. The van der Waals surface area contributed by atoms with Crippen molar-refractivity contribution >= 4 is 24.9 Å². The normalized spacial score (nSPS) is 20.5. The lowest BCUT2D eigenvalue weighted by atomic mass is 9.94. The molecule has 3 rings (SSSR count). The number of fused-ring (bicyclic) bond motifs is 1. The Morgan fingerprint density at radius 1 is 1.47 bits per heavy atom. The van der Waals surface area contributed by atoms with Crippen LogP contribution < -0.4 is 15.5 Å². The van der Waals surface area contributed by atoms with Crippen molar-refractivity contribution in [3.63, 3.8) is 0 Å². The van der Waals surface area contributed by atoms with E-state index in [0.717, 1.165) is 0 Å². The summed E-state index contributed by atoms with van der Waals surface area (Å²) in [7, 11) is 5.39. The van der Waals surface area contributed by atoms with Gasteiger partial charge in [0, 0.05) is 12.8 Å². The van der Waals surface area contributed by atoms with Crippen molar-refractivity contribution in [2.24, 2.45) is 0 Å². The van der Waals surface area contributed by atoms with Gasteiger partial charge in [0.25, 0.3) is 5.91 Å². The zero-order valence-electron chi connectivity index (χ0n) is 7.84. The van der Waals surface area contributed by atoms with Crippen molar-refractivity contribution in [1.29, 1.82) is 0 Å². The van der Waals surface area contributed by atoms with Gasteiger partial charge in [-0.25, -0.2) is 4.39 Å². The van der Waals surface area contributed by atoms with Crippen molar-refractivity contribution < 1.29 is 13.9 Å². The Hall–Kier alpha value is -1.52. The van der Waals surface area contributed by atoms with E-state index in [1.54, 1.807) is 6.07 Å². The van der Waals surface area contributed by atoms with Gasteiger partial charge in [-0.15, -0.1) is 0 Å². The van der Waals surface area contributed by atoms with Crippen molar-refractivity contribution in [1.82, 2.24) is 0 Å². The molecule has 74 valence electrons. The van der Waals surface area contributed by atoms with E-state index in [0.29, 0.717) is 18.6 Å². The molecule has 15 heavy (non-hydrogen) atoms. The number of hydrogen-bond acceptors (Lipinski definition) is 2. The third-order valence-electron chi connectivity index (χ3n) is 2.80. The van der Waals surface area contributed by atoms with Gasteiger partial charge in [-0.05, 0) is 6.07 Å². The molecule has 0 atom stereocenters. The summed E-state index contributed by atoms with van der Waals surface area (Å²) in [5, 5.41) is 2.50. The predicted molar refractivity (Wildman–Crippen MR) is 53.0 cm³/mol. The summed E-state index contributed by atoms with van der Waals surface area (Å²) in [6.07, 6.45) is 1.37. The third kappa shape index (κ3) is 1.09. The zero-order valence-corrected chi connectivity index (χ0v) is 7.84. The lowest BCUT2D eigenvalue weighted by Gasteiger charge is -2.26. The molecule has 1 spiro atoms. The van der Waals surface area contributed by atoms with Gasteiger partial charge in [0.15, 0.2) is 5.60 Å². The number of nitrogens with one attached hydrogen (secondary N) is 1. The highest BCUT2D eigenvalue weighted by Crippen LogP contribution is 2.46. The van der Waals surface area contributed by atoms with Crippen LogP contribution in [0, 0.1) is 5.82 Å². The van der Waals surface area contributed by atoms with Crippen LogP contribution >= 0.6 is 0 Å². The number of rotatable bonds is 0. The van der Waals surface area contributed by atoms with Gasteiger partial charge >= 0.3 is 0 Å². The van der Waals surface area contributed by atoms with Crippen LogP contribution in [-0.2, 0) is 4.79 Å². The van der Waals surface area contributed by atoms with Crippen molar-refractivity contribution in [3.05, 3.63) is 17.9 Å². The first-order chi connectivity index (χ1) is 7.12. The molecule has 1 N–H and O–H groups in total. The molecule has 0 aromatic heterocycles. The maximum atomic E-state index is 13.5. The number of amides is 1. The molecule has 1 aromatic rings. The Labute approximate surface area is 87.0 Å². The van der Waals surface area contributed by atoms with E-state index < -0.39 is 11.4 Å². The Balaban J connectivity index is 2.12. The molecule has 2 aliphatic rings. The Kier molecular flexibility index (Phi) is 1.48. The molecule has 1 saturated carbocycles. The summed E-state index contributed by atoms with van der Waals surface area (Å²) in [5.41, 5.74) is -0.683. The van der Waals surface area contributed by atoms with E-state index in [4.69, 9.17) is 12.6 Å². The molecule has 1 amide bonds. The number of anilines is 1. The molecular weight excluding hydrogens is 196 g/mol. The molecule has 5 heteroatoms. The van der Waals surface area contributed by atoms with E-state index in [1.807, 2.05) is 0 Å². The number of hydrogen-bond donors (Lipinski definition) is 1. The molecule has 1 aromatic carbocycles. The fourth-order valence-corrected chi connectivity index (χ4v) is 1.70. The number of halogens is 1. The number of benzene rings is 1. The Morgan fingerprint density at radius 2 is 2.20 bits per heavy atom. The lowest BCUT2D eigenvalue weighted by molar-refractivity contribution is -0.125. The first-order valence-electron chi connectivity index (χ1n) is 4.71. The van der Waals surface area contributed by atoms with Gasteiger partial charge in [-0.3, -0.25) is 4.79 Å². The maximum Gasteiger partial charge on any atom is 0.268 e. The van der Waals surface area contributed by atoms with Crippen LogP contribution in [-0.4, -0.2) is 19.4 Å². The fraction of sp³-hybridized carbons (Fsp3) is 0.300. The summed E-state index contributed by atoms with van der Waals surface area (Å²) in [6.45, 7) is 0. The molecule has 1 aliphatic heterocycles. The van der Waals surface area contributed by atoms with E-state index in [1.165, 1.54) is 6.07 Å². The fourth-order valence-electron chi connectivity index (χ4n) is 1.70. The molecule has 1 aliphatic carbocycles. The average Bonchev–Trinajstić information content (AvgIpc) is 2.97. The van der Waals surface area contributed by atoms with Crippen molar-refractivity contribution in [2.45, 2.75) is 18.4 Å². The van der Waals surface area contributed by atoms with Gasteiger partial charge in [0.05, 0.1) is 0 Å². The van der Waals surface area contributed by atoms with Gasteiger partial charge in [0.2, 0.25) is 0 Å². The number of carbonyl (C=O) groups excluding carboxylic acids is 1. The second kappa shape index (κ2) is 2.54. The minimum Gasteiger partial charge on any atom is -0.475 e. The van der Waals surface area contributed by atoms with Gasteiger partial charge in [0.1, 0.15) is 25.1 Å². The summed E-state index contributed by atoms with van der Waals surface area (Å²) < 4.78 is 19.0.